The lowest BCUT2D eigenvalue weighted by Gasteiger charge is -2.01. The minimum Gasteiger partial charge on any atom is -0.299 e. The number of hydrogen-bond donors (Lipinski definition) is 0. The molecule has 1 rings (SSSR count). The van der Waals surface area contributed by atoms with Gasteiger partial charge in [0.05, 0.1) is 5.69 Å². The van der Waals surface area contributed by atoms with Gasteiger partial charge in [0, 0.05) is 25.6 Å². The largest absolute Gasteiger partial charge is 0.299 e. The molecule has 3 nitrogen and oxygen atoms in total. The Morgan fingerprint density at radius 1 is 1.47 bits per heavy atom. The third-order valence-corrected chi connectivity index (χ3v) is 2.54. The molecule has 0 fully saturated rings. The first-order valence-corrected chi connectivity index (χ1v) is 5.64. The van der Waals surface area contributed by atoms with Gasteiger partial charge in [-0.25, -0.2) is 0 Å². The van der Waals surface area contributed by atoms with Crippen LogP contribution in [0.1, 0.15) is 44.0 Å². The van der Waals surface area contributed by atoms with Crippen LogP contribution in [0.25, 0.3) is 0 Å². The summed E-state index contributed by atoms with van der Waals surface area (Å²) < 4.78 is 1.80. The van der Waals surface area contributed by atoms with Crippen LogP contribution in [-0.4, -0.2) is 15.6 Å². The number of carbonyl (C=O) groups excluding carboxylic acids is 1. The Bertz CT molecular complexity index is 328. The van der Waals surface area contributed by atoms with Gasteiger partial charge in [-0.2, -0.15) is 5.10 Å². The molecule has 0 atom stereocenters. The second kappa shape index (κ2) is 5.69. The van der Waals surface area contributed by atoms with Crippen LogP contribution < -0.4 is 0 Å². The van der Waals surface area contributed by atoms with E-state index in [0.29, 0.717) is 18.6 Å². The quantitative estimate of drug-likeness (QED) is 0.673. The van der Waals surface area contributed by atoms with E-state index in [1.165, 1.54) is 0 Å². The zero-order valence-corrected chi connectivity index (χ0v) is 9.92. The Hall–Kier alpha value is -1.12. The fraction of sp³-hybridized carbons (Fsp3) is 0.667. The van der Waals surface area contributed by atoms with Crippen LogP contribution in [0.4, 0.5) is 0 Å². The zero-order chi connectivity index (χ0) is 11.3. The lowest BCUT2D eigenvalue weighted by molar-refractivity contribution is -0.118. The predicted octanol–water partition coefficient (Wildman–Crippen LogP) is 2.42. The molecule has 0 aliphatic heterocycles. The van der Waals surface area contributed by atoms with Gasteiger partial charge in [0.2, 0.25) is 0 Å². The van der Waals surface area contributed by atoms with Gasteiger partial charge in [-0.15, -0.1) is 0 Å². The third-order valence-electron chi connectivity index (χ3n) is 2.54. The van der Waals surface area contributed by atoms with Crippen LogP contribution in [0.5, 0.6) is 0 Å². The maximum Gasteiger partial charge on any atom is 0.138 e. The number of hydrogen-bond acceptors (Lipinski definition) is 2. The summed E-state index contributed by atoms with van der Waals surface area (Å²) in [5, 5.41) is 4.23. The van der Waals surface area contributed by atoms with E-state index < -0.39 is 0 Å². The summed E-state index contributed by atoms with van der Waals surface area (Å²) in [5.74, 6) is 0.325. The summed E-state index contributed by atoms with van der Waals surface area (Å²) >= 11 is 0. The van der Waals surface area contributed by atoms with Crippen LogP contribution in [-0.2, 0) is 18.3 Å². The minimum absolute atomic E-state index is 0.325. The number of rotatable bonds is 6. The molecule has 84 valence electrons. The molecule has 1 heterocycles. The maximum atomic E-state index is 11.6. The number of unbranched alkanes of at least 4 members (excludes halogenated alkanes) is 2. The maximum absolute atomic E-state index is 11.6. The van der Waals surface area contributed by atoms with Crippen LogP contribution in [0.2, 0.25) is 0 Å². The summed E-state index contributed by atoms with van der Waals surface area (Å²) in [4.78, 5) is 11.6. The molecule has 0 saturated carbocycles. The predicted molar refractivity (Wildman–Crippen MR) is 60.8 cm³/mol. The molecule has 0 aliphatic carbocycles. The van der Waals surface area contributed by atoms with Crippen LogP contribution in [0, 0.1) is 6.92 Å². The molecule has 0 radical (unpaired) electrons. The van der Waals surface area contributed by atoms with E-state index in [-0.39, 0.29) is 0 Å². The molecule has 0 aromatic carbocycles. The van der Waals surface area contributed by atoms with E-state index in [1.54, 1.807) is 4.68 Å². The van der Waals surface area contributed by atoms with E-state index in [2.05, 4.69) is 12.0 Å². The molecular weight excluding hydrogens is 188 g/mol. The van der Waals surface area contributed by atoms with Gasteiger partial charge < -0.3 is 0 Å². The van der Waals surface area contributed by atoms with E-state index >= 15 is 0 Å². The van der Waals surface area contributed by atoms with E-state index in [0.717, 1.165) is 30.7 Å². The lowest BCUT2D eigenvalue weighted by atomic mass is 10.1. The summed E-state index contributed by atoms with van der Waals surface area (Å²) in [6, 6.07) is 1.98. The molecule has 0 N–H and O–H groups in total. The second-order valence-electron chi connectivity index (χ2n) is 4.07. The molecule has 0 bridgehead atoms. The Kier molecular flexibility index (Phi) is 4.53. The van der Waals surface area contributed by atoms with Crippen LogP contribution >= 0.6 is 0 Å². The molecule has 15 heavy (non-hydrogen) atoms. The van der Waals surface area contributed by atoms with Crippen LogP contribution in [0.15, 0.2) is 6.07 Å². The van der Waals surface area contributed by atoms with Crippen molar-refractivity contribution >= 4 is 5.78 Å². The third kappa shape index (κ3) is 3.86. The van der Waals surface area contributed by atoms with Crippen molar-refractivity contribution in [3.63, 3.8) is 0 Å². The fourth-order valence-corrected chi connectivity index (χ4v) is 1.69. The number of carbonyl (C=O) groups is 1. The molecule has 0 amide bonds. The van der Waals surface area contributed by atoms with Crippen molar-refractivity contribution in [3.8, 4) is 0 Å². The summed E-state index contributed by atoms with van der Waals surface area (Å²) in [7, 11) is 1.89. The van der Waals surface area contributed by atoms with Crippen molar-refractivity contribution in [1.82, 2.24) is 9.78 Å². The van der Waals surface area contributed by atoms with Crippen molar-refractivity contribution in [3.05, 3.63) is 17.5 Å². The molecule has 1 aromatic heterocycles. The first kappa shape index (κ1) is 12.0. The first-order chi connectivity index (χ1) is 7.13. The number of nitrogens with zero attached hydrogens (tertiary/aromatic N) is 2. The van der Waals surface area contributed by atoms with Crippen molar-refractivity contribution < 1.29 is 4.79 Å². The van der Waals surface area contributed by atoms with Crippen molar-refractivity contribution in [2.75, 3.05) is 0 Å². The van der Waals surface area contributed by atoms with Crippen molar-refractivity contribution in [2.45, 2.75) is 46.0 Å². The zero-order valence-electron chi connectivity index (χ0n) is 9.92. The van der Waals surface area contributed by atoms with Gasteiger partial charge in [-0.3, -0.25) is 9.48 Å². The van der Waals surface area contributed by atoms with Gasteiger partial charge in [0.25, 0.3) is 0 Å². The highest BCUT2D eigenvalue weighted by Crippen LogP contribution is 2.07. The highest BCUT2D eigenvalue weighted by molar-refractivity contribution is 5.80. The molecule has 0 spiro atoms. The number of aromatic nitrogens is 2. The van der Waals surface area contributed by atoms with Gasteiger partial charge in [0.1, 0.15) is 5.78 Å². The number of ketones is 1. The SMILES string of the molecule is CCCCCC(=O)Cc1cc(C)nn1C. The molecule has 0 unspecified atom stereocenters. The molecule has 3 heteroatoms. The lowest BCUT2D eigenvalue weighted by Crippen LogP contribution is -2.07. The number of Topliss-reactive ketones (excluding diaryl/α,β-unsaturated/α-hetero) is 1. The smallest absolute Gasteiger partial charge is 0.138 e. The average molecular weight is 208 g/mol. The Balaban J connectivity index is 2.41. The minimum atomic E-state index is 0.325. The highest BCUT2D eigenvalue weighted by atomic mass is 16.1. The Morgan fingerprint density at radius 2 is 2.20 bits per heavy atom. The van der Waals surface area contributed by atoms with E-state index in [9.17, 15) is 4.79 Å². The normalized spacial score (nSPS) is 10.6. The van der Waals surface area contributed by atoms with Crippen LogP contribution in [0.3, 0.4) is 0 Å². The monoisotopic (exact) mass is 208 g/mol. The summed E-state index contributed by atoms with van der Waals surface area (Å²) in [6.45, 7) is 4.10. The van der Waals surface area contributed by atoms with Gasteiger partial charge in [-0.1, -0.05) is 19.8 Å². The second-order valence-corrected chi connectivity index (χ2v) is 4.07. The van der Waals surface area contributed by atoms with Gasteiger partial charge in [0.15, 0.2) is 0 Å². The first-order valence-electron chi connectivity index (χ1n) is 5.64. The highest BCUT2D eigenvalue weighted by Gasteiger charge is 2.07. The van der Waals surface area contributed by atoms with E-state index in [1.807, 2.05) is 20.0 Å². The van der Waals surface area contributed by atoms with Crippen molar-refractivity contribution in [2.24, 2.45) is 7.05 Å². The molecule has 0 saturated heterocycles. The number of aryl methyl sites for hydroxylation is 2. The summed E-state index contributed by atoms with van der Waals surface area (Å²) in [6.07, 6.45) is 4.57. The van der Waals surface area contributed by atoms with Gasteiger partial charge >= 0.3 is 0 Å². The van der Waals surface area contributed by atoms with E-state index in [4.69, 9.17) is 0 Å². The topological polar surface area (TPSA) is 34.9 Å². The summed E-state index contributed by atoms with van der Waals surface area (Å²) in [5.41, 5.74) is 2.00. The standard InChI is InChI=1S/C12H20N2O/c1-4-5-6-7-12(15)9-11-8-10(2)13-14(11)3/h8H,4-7,9H2,1-3H3. The van der Waals surface area contributed by atoms with Gasteiger partial charge in [-0.05, 0) is 19.4 Å². The Labute approximate surface area is 91.5 Å². The average Bonchev–Trinajstić information content (AvgIpc) is 2.45. The molecular formula is C12H20N2O. The fourth-order valence-electron chi connectivity index (χ4n) is 1.69. The Morgan fingerprint density at radius 3 is 2.73 bits per heavy atom. The van der Waals surface area contributed by atoms with Crippen molar-refractivity contribution in [1.29, 1.82) is 0 Å². The molecule has 0 aliphatic rings. The molecule has 1 aromatic rings.